The lowest BCUT2D eigenvalue weighted by molar-refractivity contribution is 0.168. The molecule has 0 heterocycles. The van der Waals surface area contributed by atoms with Crippen LogP contribution in [0, 0.1) is 17.3 Å². The summed E-state index contributed by atoms with van der Waals surface area (Å²) in [4.78, 5) is 0. The smallest absolute Gasteiger partial charge is 0.121 e. The average Bonchev–Trinajstić information content (AvgIpc) is 2.38. The molecule has 1 nitrogen and oxygen atoms in total. The second-order valence-electron chi connectivity index (χ2n) is 8.75. The Labute approximate surface area is 137 Å². The summed E-state index contributed by atoms with van der Waals surface area (Å²) in [5.74, 6) is 2.56. The predicted molar refractivity (Wildman–Crippen MR) is 95.6 cm³/mol. The van der Waals surface area contributed by atoms with Crippen molar-refractivity contribution in [1.29, 1.82) is 0 Å². The molecule has 0 bridgehead atoms. The molecule has 2 unspecified atom stereocenters. The fourth-order valence-corrected chi connectivity index (χ4v) is 4.49. The van der Waals surface area contributed by atoms with E-state index in [-0.39, 0.29) is 0 Å². The average molecular weight is 303 g/mol. The third-order valence-corrected chi connectivity index (χ3v) is 5.16. The summed E-state index contributed by atoms with van der Waals surface area (Å²) < 4.78 is 0. The predicted octanol–water partition coefficient (Wildman–Crippen LogP) is 6.08. The Kier molecular flexibility index (Phi) is 5.25. The fraction of sp³-hybridized carbons (Fsp3) is 0.714. The standard InChI is InChI=1S/C21H34O/c1-7-16-10-17(11-18(20(16)22)8-14(2)3)19-9-15(4)12-21(5,6)13-19/h10-11,14-15,19,22H,7-9,12-13H2,1-6H3. The molecule has 2 atom stereocenters. The van der Waals surface area contributed by atoms with Gasteiger partial charge >= 0.3 is 0 Å². The van der Waals surface area contributed by atoms with Crippen LogP contribution < -0.4 is 0 Å². The van der Waals surface area contributed by atoms with Crippen LogP contribution in [0.25, 0.3) is 0 Å². The van der Waals surface area contributed by atoms with E-state index in [9.17, 15) is 5.11 Å². The lowest BCUT2D eigenvalue weighted by atomic mass is 9.66. The zero-order valence-corrected chi connectivity index (χ0v) is 15.4. The van der Waals surface area contributed by atoms with Gasteiger partial charge in [-0.3, -0.25) is 0 Å². The van der Waals surface area contributed by atoms with Crippen molar-refractivity contribution in [1.82, 2.24) is 0 Å². The van der Waals surface area contributed by atoms with E-state index in [2.05, 4.69) is 53.7 Å². The SMILES string of the molecule is CCc1cc(C2CC(C)CC(C)(C)C2)cc(CC(C)C)c1O. The fourth-order valence-electron chi connectivity index (χ4n) is 4.49. The normalized spacial score (nSPS) is 24.7. The number of phenols is 1. The minimum Gasteiger partial charge on any atom is -0.507 e. The third-order valence-electron chi connectivity index (χ3n) is 5.16. The second-order valence-corrected chi connectivity index (χ2v) is 8.75. The number of hydrogen-bond acceptors (Lipinski definition) is 1. The molecule has 124 valence electrons. The monoisotopic (exact) mass is 302 g/mol. The first kappa shape index (κ1) is 17.4. The van der Waals surface area contributed by atoms with Gasteiger partial charge in [0, 0.05) is 0 Å². The lowest BCUT2D eigenvalue weighted by Crippen LogP contribution is -2.26. The number of hydrogen-bond donors (Lipinski definition) is 1. The van der Waals surface area contributed by atoms with Gasteiger partial charge in [0.05, 0.1) is 0 Å². The van der Waals surface area contributed by atoms with Crippen LogP contribution in [0.3, 0.4) is 0 Å². The Morgan fingerprint density at radius 3 is 2.36 bits per heavy atom. The van der Waals surface area contributed by atoms with E-state index in [1.807, 2.05) is 0 Å². The molecule has 1 aliphatic rings. The van der Waals surface area contributed by atoms with Crippen molar-refractivity contribution < 1.29 is 5.11 Å². The molecule has 0 spiro atoms. The Hall–Kier alpha value is -0.980. The van der Waals surface area contributed by atoms with Crippen molar-refractivity contribution in [2.75, 3.05) is 0 Å². The van der Waals surface area contributed by atoms with Gasteiger partial charge in [-0.2, -0.15) is 0 Å². The molecule has 1 heteroatoms. The number of aromatic hydroxyl groups is 1. The summed E-state index contributed by atoms with van der Waals surface area (Å²) in [6.45, 7) is 13.8. The molecule has 1 N–H and O–H groups in total. The minimum absolute atomic E-state index is 0.435. The Balaban J connectivity index is 2.37. The van der Waals surface area contributed by atoms with Gasteiger partial charge in [-0.15, -0.1) is 0 Å². The lowest BCUT2D eigenvalue weighted by Gasteiger charge is -2.39. The van der Waals surface area contributed by atoms with Crippen molar-refractivity contribution in [3.8, 4) is 5.75 Å². The number of rotatable bonds is 4. The maximum Gasteiger partial charge on any atom is 0.121 e. The quantitative estimate of drug-likeness (QED) is 0.714. The summed E-state index contributed by atoms with van der Waals surface area (Å²) >= 11 is 0. The van der Waals surface area contributed by atoms with Crippen LogP contribution >= 0.6 is 0 Å². The summed E-state index contributed by atoms with van der Waals surface area (Å²) in [5.41, 5.74) is 4.18. The highest BCUT2D eigenvalue weighted by molar-refractivity contribution is 5.45. The zero-order valence-electron chi connectivity index (χ0n) is 15.4. The highest BCUT2D eigenvalue weighted by Gasteiger charge is 2.33. The molecule has 2 rings (SSSR count). The van der Waals surface area contributed by atoms with E-state index >= 15 is 0 Å². The largest absolute Gasteiger partial charge is 0.507 e. The highest BCUT2D eigenvalue weighted by Crippen LogP contribution is 2.47. The summed E-state index contributed by atoms with van der Waals surface area (Å²) in [6, 6.07) is 4.57. The van der Waals surface area contributed by atoms with Gasteiger partial charge in [0.1, 0.15) is 5.75 Å². The van der Waals surface area contributed by atoms with Gasteiger partial charge in [-0.1, -0.05) is 53.7 Å². The molecular weight excluding hydrogens is 268 g/mol. The molecule has 22 heavy (non-hydrogen) atoms. The molecule has 0 aromatic heterocycles. The van der Waals surface area contributed by atoms with Crippen molar-refractivity contribution in [3.05, 3.63) is 28.8 Å². The van der Waals surface area contributed by atoms with Gasteiger partial charge in [0.2, 0.25) is 0 Å². The molecule has 0 aliphatic heterocycles. The van der Waals surface area contributed by atoms with Crippen molar-refractivity contribution in [2.24, 2.45) is 17.3 Å². The Bertz CT molecular complexity index is 513. The summed E-state index contributed by atoms with van der Waals surface area (Å²) in [7, 11) is 0. The van der Waals surface area contributed by atoms with E-state index in [1.165, 1.54) is 24.8 Å². The first-order valence-corrected chi connectivity index (χ1v) is 9.06. The summed E-state index contributed by atoms with van der Waals surface area (Å²) in [6.07, 6.45) is 5.78. The van der Waals surface area contributed by atoms with Gasteiger partial charge in [0.25, 0.3) is 0 Å². The van der Waals surface area contributed by atoms with Crippen LogP contribution in [0.5, 0.6) is 5.75 Å². The zero-order chi connectivity index (χ0) is 16.5. The first-order valence-electron chi connectivity index (χ1n) is 9.06. The molecule has 0 saturated heterocycles. The maximum atomic E-state index is 10.5. The van der Waals surface area contributed by atoms with Crippen molar-refractivity contribution in [3.63, 3.8) is 0 Å². The highest BCUT2D eigenvalue weighted by atomic mass is 16.3. The van der Waals surface area contributed by atoms with Gasteiger partial charge in [0.15, 0.2) is 0 Å². The first-order chi connectivity index (χ1) is 10.2. The molecule has 1 aromatic rings. The Morgan fingerprint density at radius 2 is 1.82 bits per heavy atom. The van der Waals surface area contributed by atoms with Crippen LogP contribution in [-0.4, -0.2) is 5.11 Å². The second kappa shape index (κ2) is 6.64. The molecular formula is C21H34O. The number of aryl methyl sites for hydroxylation is 1. The topological polar surface area (TPSA) is 20.2 Å². The van der Waals surface area contributed by atoms with Crippen LogP contribution in [0.15, 0.2) is 12.1 Å². The molecule has 1 saturated carbocycles. The van der Waals surface area contributed by atoms with Gasteiger partial charge in [-0.05, 0) is 72.0 Å². The van der Waals surface area contributed by atoms with Crippen LogP contribution in [0.4, 0.5) is 0 Å². The van der Waals surface area contributed by atoms with Crippen molar-refractivity contribution >= 4 is 0 Å². The maximum absolute atomic E-state index is 10.5. The van der Waals surface area contributed by atoms with E-state index in [1.54, 1.807) is 0 Å². The third kappa shape index (κ3) is 4.06. The van der Waals surface area contributed by atoms with E-state index in [0.29, 0.717) is 23.0 Å². The number of benzene rings is 1. The van der Waals surface area contributed by atoms with Crippen molar-refractivity contribution in [2.45, 2.75) is 79.6 Å². The van der Waals surface area contributed by atoms with Crippen LogP contribution in [0.1, 0.15) is 83.4 Å². The van der Waals surface area contributed by atoms with Gasteiger partial charge in [-0.25, -0.2) is 0 Å². The van der Waals surface area contributed by atoms with E-state index < -0.39 is 0 Å². The molecule has 1 aliphatic carbocycles. The van der Waals surface area contributed by atoms with E-state index in [4.69, 9.17) is 0 Å². The Morgan fingerprint density at radius 1 is 1.18 bits per heavy atom. The molecule has 1 aromatic carbocycles. The molecule has 0 amide bonds. The summed E-state index contributed by atoms with van der Waals surface area (Å²) in [5, 5.41) is 10.5. The van der Waals surface area contributed by atoms with Crippen LogP contribution in [0.2, 0.25) is 0 Å². The van der Waals surface area contributed by atoms with Crippen LogP contribution in [-0.2, 0) is 12.8 Å². The van der Waals surface area contributed by atoms with Gasteiger partial charge < -0.3 is 5.11 Å². The number of phenolic OH excluding ortho intramolecular Hbond substituents is 1. The van der Waals surface area contributed by atoms with E-state index in [0.717, 1.165) is 29.9 Å². The molecule has 1 fully saturated rings. The molecule has 0 radical (unpaired) electrons. The minimum atomic E-state index is 0.435.